The summed E-state index contributed by atoms with van der Waals surface area (Å²) in [5, 5.41) is 0.322. The third-order valence-corrected chi connectivity index (χ3v) is 5.40. The van der Waals surface area contributed by atoms with E-state index in [0.717, 1.165) is 12.8 Å². The summed E-state index contributed by atoms with van der Waals surface area (Å²) in [5.74, 6) is 0.471. The van der Waals surface area contributed by atoms with E-state index in [1.54, 1.807) is 13.0 Å². The second-order valence-electron chi connectivity index (χ2n) is 5.39. The topological polar surface area (TPSA) is 72.2 Å². The van der Waals surface area contributed by atoms with Gasteiger partial charge in [-0.15, -0.1) is 0 Å². The lowest BCUT2D eigenvalue weighted by Crippen LogP contribution is -2.34. The van der Waals surface area contributed by atoms with Crippen LogP contribution in [0.25, 0.3) is 0 Å². The van der Waals surface area contributed by atoms with Gasteiger partial charge in [0.15, 0.2) is 0 Å². The van der Waals surface area contributed by atoms with Crippen LogP contribution in [0.3, 0.4) is 0 Å². The molecule has 0 saturated carbocycles. The summed E-state index contributed by atoms with van der Waals surface area (Å²) in [5.41, 5.74) is 6.68. The minimum absolute atomic E-state index is 0.130. The van der Waals surface area contributed by atoms with E-state index in [4.69, 9.17) is 17.3 Å². The van der Waals surface area contributed by atoms with Crippen molar-refractivity contribution in [3.05, 3.63) is 22.7 Å². The fourth-order valence-electron chi connectivity index (χ4n) is 2.10. The number of sulfonamides is 1. The molecule has 4 nitrogen and oxygen atoms in total. The highest BCUT2D eigenvalue weighted by Gasteiger charge is 2.22. The van der Waals surface area contributed by atoms with E-state index in [9.17, 15) is 8.42 Å². The quantitative estimate of drug-likeness (QED) is 0.790. The Labute approximate surface area is 126 Å². The molecule has 20 heavy (non-hydrogen) atoms. The van der Waals surface area contributed by atoms with Crippen LogP contribution >= 0.6 is 11.6 Å². The average molecular weight is 319 g/mol. The maximum atomic E-state index is 12.4. The van der Waals surface area contributed by atoms with Crippen molar-refractivity contribution in [3.8, 4) is 0 Å². The van der Waals surface area contributed by atoms with Crippen LogP contribution in [0.1, 0.15) is 39.2 Å². The number of anilines is 1. The number of nitrogens with one attached hydrogen (secondary N) is 1. The molecule has 114 valence electrons. The molecular weight excluding hydrogens is 296 g/mol. The van der Waals surface area contributed by atoms with Crippen LogP contribution in [0.2, 0.25) is 5.02 Å². The van der Waals surface area contributed by atoms with Gasteiger partial charge in [-0.25, -0.2) is 13.1 Å². The third kappa shape index (κ3) is 4.36. The van der Waals surface area contributed by atoms with Crippen LogP contribution in [-0.4, -0.2) is 14.5 Å². The van der Waals surface area contributed by atoms with Gasteiger partial charge in [0.2, 0.25) is 10.0 Å². The lowest BCUT2D eigenvalue weighted by atomic mass is 10.0. The maximum Gasteiger partial charge on any atom is 0.241 e. The molecule has 2 atom stereocenters. The van der Waals surface area contributed by atoms with E-state index in [2.05, 4.69) is 18.6 Å². The SMILES string of the molecule is CCC(C)CC(C)NS(=O)(=O)c1cc(Cl)cc(N)c1C. The van der Waals surface area contributed by atoms with Crippen LogP contribution in [-0.2, 0) is 10.0 Å². The largest absolute Gasteiger partial charge is 0.398 e. The smallest absolute Gasteiger partial charge is 0.241 e. The number of hydrogen-bond donors (Lipinski definition) is 2. The van der Waals surface area contributed by atoms with Gasteiger partial charge in [-0.2, -0.15) is 0 Å². The molecule has 0 bridgehead atoms. The summed E-state index contributed by atoms with van der Waals surface area (Å²) in [7, 11) is -3.60. The van der Waals surface area contributed by atoms with Crippen molar-refractivity contribution in [2.45, 2.75) is 51.5 Å². The minimum Gasteiger partial charge on any atom is -0.398 e. The Morgan fingerprint density at radius 2 is 1.95 bits per heavy atom. The first kappa shape index (κ1) is 17.3. The van der Waals surface area contributed by atoms with Gasteiger partial charge in [0.1, 0.15) is 0 Å². The zero-order valence-electron chi connectivity index (χ0n) is 12.4. The second kappa shape index (κ2) is 6.78. The Balaban J connectivity index is 3.00. The first-order chi connectivity index (χ1) is 9.17. The highest BCUT2D eigenvalue weighted by atomic mass is 35.5. The van der Waals surface area contributed by atoms with Gasteiger partial charge < -0.3 is 5.73 Å². The monoisotopic (exact) mass is 318 g/mol. The van der Waals surface area contributed by atoms with Crippen LogP contribution in [0.15, 0.2) is 17.0 Å². The van der Waals surface area contributed by atoms with Gasteiger partial charge >= 0.3 is 0 Å². The predicted octanol–water partition coefficient (Wildman–Crippen LogP) is 3.33. The molecule has 0 fully saturated rings. The Kier molecular flexibility index (Phi) is 5.86. The zero-order valence-corrected chi connectivity index (χ0v) is 14.0. The molecule has 2 unspecified atom stereocenters. The van der Waals surface area contributed by atoms with Crippen LogP contribution < -0.4 is 10.5 Å². The lowest BCUT2D eigenvalue weighted by Gasteiger charge is -2.19. The zero-order chi connectivity index (χ0) is 15.5. The van der Waals surface area contributed by atoms with Gasteiger partial charge in [-0.05, 0) is 43.9 Å². The van der Waals surface area contributed by atoms with Gasteiger partial charge in [0.05, 0.1) is 4.90 Å². The Morgan fingerprint density at radius 3 is 2.50 bits per heavy atom. The van der Waals surface area contributed by atoms with Gasteiger partial charge in [-0.1, -0.05) is 31.9 Å². The first-order valence-electron chi connectivity index (χ1n) is 6.75. The van der Waals surface area contributed by atoms with Crippen molar-refractivity contribution in [2.75, 3.05) is 5.73 Å². The summed E-state index contributed by atoms with van der Waals surface area (Å²) in [6.07, 6.45) is 1.82. The lowest BCUT2D eigenvalue weighted by molar-refractivity contribution is 0.445. The van der Waals surface area contributed by atoms with E-state index < -0.39 is 10.0 Å². The van der Waals surface area contributed by atoms with Crippen molar-refractivity contribution >= 4 is 27.3 Å². The molecule has 0 radical (unpaired) electrons. The van der Waals surface area contributed by atoms with Crippen molar-refractivity contribution in [2.24, 2.45) is 5.92 Å². The summed E-state index contributed by atoms with van der Waals surface area (Å²) >= 11 is 5.90. The molecule has 0 aliphatic heterocycles. The first-order valence-corrected chi connectivity index (χ1v) is 8.61. The summed E-state index contributed by atoms with van der Waals surface area (Å²) in [6.45, 7) is 7.74. The number of nitrogen functional groups attached to an aromatic ring is 1. The summed E-state index contributed by atoms with van der Waals surface area (Å²) in [4.78, 5) is 0.151. The number of nitrogens with two attached hydrogens (primary N) is 1. The van der Waals surface area contributed by atoms with Crippen LogP contribution in [0.4, 0.5) is 5.69 Å². The van der Waals surface area contributed by atoms with Gasteiger partial charge in [0.25, 0.3) is 0 Å². The van der Waals surface area contributed by atoms with E-state index in [-0.39, 0.29) is 10.9 Å². The van der Waals surface area contributed by atoms with Crippen molar-refractivity contribution in [1.29, 1.82) is 0 Å². The molecule has 0 amide bonds. The molecular formula is C14H23ClN2O2S. The molecule has 1 rings (SSSR count). The van der Waals surface area contributed by atoms with Crippen LogP contribution in [0, 0.1) is 12.8 Å². The number of hydrogen-bond acceptors (Lipinski definition) is 3. The number of benzene rings is 1. The molecule has 0 spiro atoms. The molecule has 0 aromatic heterocycles. The molecule has 1 aromatic carbocycles. The molecule has 1 aromatic rings. The van der Waals surface area contributed by atoms with Crippen molar-refractivity contribution in [1.82, 2.24) is 4.72 Å². The van der Waals surface area contributed by atoms with Crippen LogP contribution in [0.5, 0.6) is 0 Å². The standard InChI is InChI=1S/C14H23ClN2O2S/c1-5-9(2)6-10(3)17-20(18,19)14-8-12(15)7-13(16)11(14)4/h7-10,17H,5-6,16H2,1-4H3. The number of rotatable bonds is 6. The minimum atomic E-state index is -3.60. The highest BCUT2D eigenvalue weighted by molar-refractivity contribution is 7.89. The van der Waals surface area contributed by atoms with E-state index in [1.165, 1.54) is 6.07 Å². The fourth-order valence-corrected chi connectivity index (χ4v) is 3.95. The summed E-state index contributed by atoms with van der Waals surface area (Å²) < 4.78 is 27.5. The molecule has 3 N–H and O–H groups in total. The van der Waals surface area contributed by atoms with Crippen molar-refractivity contribution < 1.29 is 8.42 Å². The Hall–Kier alpha value is -0.780. The Morgan fingerprint density at radius 1 is 1.35 bits per heavy atom. The third-order valence-electron chi connectivity index (χ3n) is 3.46. The average Bonchev–Trinajstić information content (AvgIpc) is 2.32. The molecule has 0 heterocycles. The van der Waals surface area contributed by atoms with E-state index in [1.807, 2.05) is 6.92 Å². The second-order valence-corrected chi connectivity index (χ2v) is 7.51. The maximum absolute atomic E-state index is 12.4. The molecule has 0 aliphatic rings. The predicted molar refractivity (Wildman–Crippen MR) is 84.5 cm³/mol. The van der Waals surface area contributed by atoms with Crippen molar-refractivity contribution in [3.63, 3.8) is 0 Å². The molecule has 6 heteroatoms. The Bertz CT molecular complexity index is 573. The summed E-state index contributed by atoms with van der Waals surface area (Å²) in [6, 6.07) is 2.86. The molecule has 0 aliphatic carbocycles. The highest BCUT2D eigenvalue weighted by Crippen LogP contribution is 2.26. The van der Waals surface area contributed by atoms with E-state index in [0.29, 0.717) is 22.2 Å². The normalized spacial score (nSPS) is 15.1. The van der Waals surface area contributed by atoms with Gasteiger partial charge in [-0.3, -0.25) is 0 Å². The molecule has 0 saturated heterocycles. The van der Waals surface area contributed by atoms with E-state index >= 15 is 0 Å². The number of halogens is 1. The fraction of sp³-hybridized carbons (Fsp3) is 0.571. The van der Waals surface area contributed by atoms with Gasteiger partial charge in [0, 0.05) is 16.8 Å².